The minimum atomic E-state index is -1.85. The molecule has 2 aromatic rings. The molecule has 2 nitrogen and oxygen atoms in total. The summed E-state index contributed by atoms with van der Waals surface area (Å²) in [7, 11) is -3.70. The van der Waals surface area contributed by atoms with Gasteiger partial charge in [0.25, 0.3) is 0 Å². The van der Waals surface area contributed by atoms with Crippen molar-refractivity contribution in [2.75, 3.05) is 13.3 Å². The Labute approximate surface area is 117 Å². The van der Waals surface area contributed by atoms with Gasteiger partial charge in [0, 0.05) is 0 Å². The molecule has 0 aromatic heterocycles. The van der Waals surface area contributed by atoms with Gasteiger partial charge in [-0.15, -0.1) is 0 Å². The third kappa shape index (κ3) is 2.67. The fourth-order valence-corrected chi connectivity index (χ4v) is 3.70. The van der Waals surface area contributed by atoms with E-state index < -0.39 is 27.2 Å². The molecule has 0 N–H and O–H groups in total. The Kier molecular flexibility index (Phi) is 4.37. The van der Waals surface area contributed by atoms with Crippen molar-refractivity contribution >= 4 is 26.2 Å². The van der Waals surface area contributed by atoms with E-state index in [0.29, 0.717) is 0 Å². The van der Waals surface area contributed by atoms with Gasteiger partial charge in [0.15, 0.2) is 0 Å². The van der Waals surface area contributed by atoms with Crippen molar-refractivity contribution in [3.63, 3.8) is 0 Å². The lowest BCUT2D eigenvalue weighted by Gasteiger charge is -2.05. The maximum absolute atomic E-state index is 14.1. The molecule has 0 saturated heterocycles. The molecule has 0 spiro atoms. The summed E-state index contributed by atoms with van der Waals surface area (Å²) in [6, 6.07) is 8.20. The average molecular weight is 312 g/mol. The summed E-state index contributed by atoms with van der Waals surface area (Å²) in [5.74, 6) is -1.34. The zero-order valence-corrected chi connectivity index (χ0v) is 12.7. The van der Waals surface area contributed by atoms with Crippen molar-refractivity contribution in [3.05, 3.63) is 48.0 Å². The number of benzene rings is 2. The first-order valence-corrected chi connectivity index (χ1v) is 9.24. The first-order valence-electron chi connectivity index (χ1n) is 5.82. The molecule has 2 unspecified atom stereocenters. The van der Waals surface area contributed by atoms with Crippen LogP contribution in [-0.4, -0.2) is 13.3 Å². The highest BCUT2D eigenvalue weighted by Gasteiger charge is 2.31. The predicted molar refractivity (Wildman–Crippen MR) is 78.1 cm³/mol. The van der Waals surface area contributed by atoms with Crippen LogP contribution in [0, 0.1) is 11.6 Å². The van der Waals surface area contributed by atoms with Crippen LogP contribution in [0.3, 0.4) is 0 Å². The van der Waals surface area contributed by atoms with Crippen molar-refractivity contribution in [2.24, 2.45) is 0 Å². The molecule has 20 heavy (non-hydrogen) atoms. The first kappa shape index (κ1) is 14.9. The van der Waals surface area contributed by atoms with E-state index in [2.05, 4.69) is 0 Å². The molecule has 0 fully saturated rings. The Morgan fingerprint density at radius 1 is 0.750 bits per heavy atom. The van der Waals surface area contributed by atoms with Gasteiger partial charge in [-0.2, -0.15) is 0 Å². The van der Waals surface area contributed by atoms with Gasteiger partial charge in [0.05, 0.1) is 11.1 Å². The van der Waals surface area contributed by atoms with Gasteiger partial charge >= 0.3 is 15.6 Å². The third-order valence-corrected chi connectivity index (χ3v) is 5.01. The molecule has 2 aromatic carbocycles. The molecule has 2 atom stereocenters. The Morgan fingerprint density at radius 3 is 1.40 bits per heavy atom. The highest BCUT2D eigenvalue weighted by molar-refractivity contribution is 7.53. The Morgan fingerprint density at radius 2 is 1.10 bits per heavy atom. The van der Waals surface area contributed by atoms with E-state index in [4.69, 9.17) is 0 Å². The minimum absolute atomic E-state index is 0.0607. The van der Waals surface area contributed by atoms with Crippen LogP contribution in [0.1, 0.15) is 0 Å². The van der Waals surface area contributed by atoms with Gasteiger partial charge in [0.1, 0.15) is 25.0 Å². The van der Waals surface area contributed by atoms with Crippen LogP contribution in [0.5, 0.6) is 0 Å². The van der Waals surface area contributed by atoms with Crippen LogP contribution in [0.4, 0.5) is 8.78 Å². The van der Waals surface area contributed by atoms with Crippen molar-refractivity contribution in [1.82, 2.24) is 0 Å². The van der Waals surface area contributed by atoms with Crippen LogP contribution >= 0.6 is 15.6 Å². The van der Waals surface area contributed by atoms with E-state index in [1.54, 1.807) is 0 Å². The molecular formula is C14H12F2O2P2+2. The van der Waals surface area contributed by atoms with E-state index in [1.165, 1.54) is 49.7 Å². The van der Waals surface area contributed by atoms with E-state index in [9.17, 15) is 17.9 Å². The second-order valence-corrected chi connectivity index (χ2v) is 7.22. The zero-order chi connectivity index (χ0) is 14.9. The number of hydrogen-bond acceptors (Lipinski definition) is 2. The highest BCUT2D eigenvalue weighted by atomic mass is 31.1. The minimum Gasteiger partial charge on any atom is -0.206 e. The second kappa shape index (κ2) is 5.87. The van der Waals surface area contributed by atoms with Gasteiger partial charge in [0.2, 0.25) is 10.6 Å². The highest BCUT2D eigenvalue weighted by Crippen LogP contribution is 2.32. The van der Waals surface area contributed by atoms with E-state index >= 15 is 0 Å². The number of hydrogen-bond donors (Lipinski definition) is 0. The molecule has 2 rings (SSSR count). The molecule has 0 heterocycles. The van der Waals surface area contributed by atoms with Crippen LogP contribution in [0.15, 0.2) is 36.4 Å². The molecule has 0 aliphatic rings. The van der Waals surface area contributed by atoms with Crippen molar-refractivity contribution in [2.45, 2.75) is 0 Å². The van der Waals surface area contributed by atoms with Crippen LogP contribution in [0.2, 0.25) is 0 Å². The molecule has 0 amide bonds. The molecule has 0 aliphatic carbocycles. The van der Waals surface area contributed by atoms with Crippen molar-refractivity contribution < 1.29 is 17.9 Å². The topological polar surface area (TPSA) is 34.1 Å². The Hall–Kier alpha value is -1.50. The van der Waals surface area contributed by atoms with Crippen LogP contribution in [-0.2, 0) is 9.13 Å². The molecule has 0 aliphatic heterocycles. The molecule has 102 valence electrons. The monoisotopic (exact) mass is 312 g/mol. The van der Waals surface area contributed by atoms with Gasteiger partial charge in [-0.3, -0.25) is 0 Å². The van der Waals surface area contributed by atoms with Crippen molar-refractivity contribution in [1.29, 1.82) is 0 Å². The third-order valence-electron chi connectivity index (χ3n) is 2.91. The average Bonchev–Trinajstić information content (AvgIpc) is 2.38. The summed E-state index contributed by atoms with van der Waals surface area (Å²) >= 11 is 0. The molecule has 0 saturated carbocycles. The summed E-state index contributed by atoms with van der Waals surface area (Å²) in [5, 5.41) is 0.450. The summed E-state index contributed by atoms with van der Waals surface area (Å²) in [6.07, 6.45) is 0. The van der Waals surface area contributed by atoms with Gasteiger partial charge < -0.3 is 0 Å². The summed E-state index contributed by atoms with van der Waals surface area (Å²) < 4.78 is 51.8. The summed E-state index contributed by atoms with van der Waals surface area (Å²) in [5.41, 5.74) is -0.121. The SMILES string of the molecule is C[P+](=O)c1cccc(F)c1-c1c(F)cccc1[P+](C)=O. The maximum Gasteiger partial charge on any atom is 0.374 e. The maximum atomic E-state index is 14.1. The fourth-order valence-electron chi connectivity index (χ4n) is 2.05. The van der Waals surface area contributed by atoms with Gasteiger partial charge in [-0.25, -0.2) is 8.78 Å². The molecule has 0 bridgehead atoms. The predicted octanol–water partition coefficient (Wildman–Crippen LogP) is 3.80. The Bertz CT molecular complexity index is 653. The quantitative estimate of drug-likeness (QED) is 0.808. The largest absolute Gasteiger partial charge is 0.374 e. The first-order chi connectivity index (χ1) is 9.43. The van der Waals surface area contributed by atoms with Gasteiger partial charge in [-0.1, -0.05) is 21.3 Å². The molecule has 6 heteroatoms. The molecular weight excluding hydrogens is 300 g/mol. The van der Waals surface area contributed by atoms with Crippen LogP contribution < -0.4 is 10.6 Å². The van der Waals surface area contributed by atoms with E-state index in [0.717, 1.165) is 0 Å². The normalized spacial score (nSPS) is 12.2. The van der Waals surface area contributed by atoms with Gasteiger partial charge in [-0.05, 0) is 24.3 Å². The summed E-state index contributed by atoms with van der Waals surface area (Å²) in [4.78, 5) is 0. The number of rotatable bonds is 3. The van der Waals surface area contributed by atoms with E-state index in [-0.39, 0.29) is 21.7 Å². The van der Waals surface area contributed by atoms with Crippen molar-refractivity contribution in [3.8, 4) is 11.1 Å². The van der Waals surface area contributed by atoms with Crippen LogP contribution in [0.25, 0.3) is 11.1 Å². The fraction of sp³-hybridized carbons (Fsp3) is 0.143. The lowest BCUT2D eigenvalue weighted by Crippen LogP contribution is -2.12. The lowest BCUT2D eigenvalue weighted by molar-refractivity contribution is 0.594. The second-order valence-electron chi connectivity index (χ2n) is 4.26. The lowest BCUT2D eigenvalue weighted by atomic mass is 10.0. The van der Waals surface area contributed by atoms with E-state index in [1.807, 2.05) is 0 Å². The standard InChI is InChI=1S/C14H12F2O2P2/c1-19(17)11-7-3-5-9(15)13(11)14-10(16)6-4-8-12(14)20(2)18/h3-8H,1-2H3/q+2. The zero-order valence-electron chi connectivity index (χ0n) is 10.9. The Balaban J connectivity index is 2.88. The smallest absolute Gasteiger partial charge is 0.206 e. The number of halogens is 2. The summed E-state index contributed by atoms with van der Waals surface area (Å²) in [6.45, 7) is 2.86. The molecule has 0 radical (unpaired) electrons.